The lowest BCUT2D eigenvalue weighted by molar-refractivity contribution is -0.137. The first-order chi connectivity index (χ1) is 10.6. The highest BCUT2D eigenvalue weighted by Gasteiger charge is 2.30. The molecule has 1 heterocycles. The van der Waals surface area contributed by atoms with Gasteiger partial charge in [0.05, 0.1) is 5.56 Å². The summed E-state index contributed by atoms with van der Waals surface area (Å²) in [5.74, 6) is -0.192. The van der Waals surface area contributed by atoms with E-state index in [1.165, 1.54) is 35.5 Å². The number of ketones is 1. The van der Waals surface area contributed by atoms with Gasteiger partial charge >= 0.3 is 6.18 Å². The molecule has 0 atom stereocenters. The molecule has 122 valence electrons. The molecule has 0 unspecified atom stereocenters. The second-order valence-electron chi connectivity index (χ2n) is 6.07. The molecule has 0 amide bonds. The van der Waals surface area contributed by atoms with E-state index in [9.17, 15) is 18.0 Å². The highest BCUT2D eigenvalue weighted by Crippen LogP contribution is 2.30. The SMILES string of the molecule is CC(C)(C)C(=O)C(=Cc1ccc(C(F)(F)F)cc1)n1cncn1. The summed E-state index contributed by atoms with van der Waals surface area (Å²) in [6.45, 7) is 5.27. The number of halogens is 3. The van der Waals surface area contributed by atoms with Gasteiger partial charge in [0.1, 0.15) is 18.4 Å². The molecule has 0 aliphatic rings. The van der Waals surface area contributed by atoms with Gasteiger partial charge in [0, 0.05) is 5.41 Å². The minimum absolute atomic E-state index is 0.192. The van der Waals surface area contributed by atoms with Crippen LogP contribution < -0.4 is 0 Å². The lowest BCUT2D eigenvalue weighted by Crippen LogP contribution is -2.24. The van der Waals surface area contributed by atoms with Gasteiger partial charge in [0.15, 0.2) is 5.78 Å². The molecule has 23 heavy (non-hydrogen) atoms. The van der Waals surface area contributed by atoms with E-state index in [1.54, 1.807) is 20.8 Å². The molecular weight excluding hydrogens is 307 g/mol. The fourth-order valence-electron chi connectivity index (χ4n) is 1.88. The number of carbonyl (C=O) groups excluding carboxylic acids is 1. The van der Waals surface area contributed by atoms with Crippen LogP contribution in [-0.4, -0.2) is 20.5 Å². The van der Waals surface area contributed by atoms with E-state index < -0.39 is 17.2 Å². The number of Topliss-reactive ketones (excluding diaryl/α,β-unsaturated/α-hetero) is 1. The molecule has 0 saturated heterocycles. The molecule has 2 aromatic rings. The van der Waals surface area contributed by atoms with Crippen LogP contribution in [0.3, 0.4) is 0 Å². The van der Waals surface area contributed by atoms with Crippen molar-refractivity contribution in [3.05, 3.63) is 48.0 Å². The highest BCUT2D eigenvalue weighted by molar-refractivity contribution is 6.21. The normalized spacial score (nSPS) is 13.2. The van der Waals surface area contributed by atoms with Crippen LogP contribution in [0.1, 0.15) is 31.9 Å². The second-order valence-corrected chi connectivity index (χ2v) is 6.07. The summed E-state index contributed by atoms with van der Waals surface area (Å²) >= 11 is 0. The van der Waals surface area contributed by atoms with Crippen molar-refractivity contribution in [2.75, 3.05) is 0 Å². The number of aromatic nitrogens is 3. The van der Waals surface area contributed by atoms with Crippen molar-refractivity contribution in [1.82, 2.24) is 14.8 Å². The van der Waals surface area contributed by atoms with Gasteiger partial charge in [-0.2, -0.15) is 18.3 Å². The minimum atomic E-state index is -4.39. The first-order valence-electron chi connectivity index (χ1n) is 6.88. The quantitative estimate of drug-likeness (QED) is 0.805. The molecule has 1 aromatic heterocycles. The van der Waals surface area contributed by atoms with Gasteiger partial charge < -0.3 is 0 Å². The standard InChI is InChI=1S/C16H16F3N3O/c1-15(2,3)14(23)13(22-10-20-9-21-22)8-11-4-6-12(7-5-11)16(17,18)19/h4-10H,1-3H3. The number of nitrogens with zero attached hydrogens (tertiary/aromatic N) is 3. The molecule has 2 rings (SSSR count). The Morgan fingerprint density at radius 3 is 2.17 bits per heavy atom. The molecule has 7 heteroatoms. The predicted octanol–water partition coefficient (Wildman–Crippen LogP) is 3.91. The van der Waals surface area contributed by atoms with Crippen molar-refractivity contribution >= 4 is 17.6 Å². The Hall–Kier alpha value is -2.44. The van der Waals surface area contributed by atoms with Crippen LogP contribution in [0.15, 0.2) is 36.9 Å². The van der Waals surface area contributed by atoms with E-state index in [0.717, 1.165) is 12.1 Å². The summed E-state index contributed by atoms with van der Waals surface area (Å²) in [6, 6.07) is 4.59. The van der Waals surface area contributed by atoms with Crippen molar-refractivity contribution in [3.63, 3.8) is 0 Å². The topological polar surface area (TPSA) is 47.8 Å². The fourth-order valence-corrected chi connectivity index (χ4v) is 1.88. The molecule has 0 bridgehead atoms. The van der Waals surface area contributed by atoms with Crippen LogP contribution in [0.25, 0.3) is 11.8 Å². The number of allylic oxidation sites excluding steroid dienone is 1. The van der Waals surface area contributed by atoms with Crippen molar-refractivity contribution in [2.45, 2.75) is 26.9 Å². The lowest BCUT2D eigenvalue weighted by Gasteiger charge is -2.18. The van der Waals surface area contributed by atoms with E-state index in [0.29, 0.717) is 5.56 Å². The number of rotatable bonds is 3. The van der Waals surface area contributed by atoms with Gasteiger partial charge in [-0.05, 0) is 23.8 Å². The Bertz CT molecular complexity index is 709. The zero-order valence-electron chi connectivity index (χ0n) is 12.9. The third-order valence-electron chi connectivity index (χ3n) is 3.12. The van der Waals surface area contributed by atoms with E-state index in [1.807, 2.05) is 0 Å². The summed E-state index contributed by atoms with van der Waals surface area (Å²) in [6.07, 6.45) is -0.225. The Balaban J connectivity index is 2.44. The number of alkyl halides is 3. The van der Waals surface area contributed by atoms with E-state index in [4.69, 9.17) is 0 Å². The Kier molecular flexibility index (Phi) is 4.40. The molecule has 0 radical (unpaired) electrons. The molecule has 1 aromatic carbocycles. The molecule has 0 N–H and O–H groups in total. The Morgan fingerprint density at radius 1 is 1.13 bits per heavy atom. The molecule has 0 spiro atoms. The Labute approximate surface area is 131 Å². The molecule has 0 saturated carbocycles. The van der Waals surface area contributed by atoms with Crippen LogP contribution in [0.5, 0.6) is 0 Å². The average molecular weight is 323 g/mol. The fraction of sp³-hybridized carbons (Fsp3) is 0.312. The summed E-state index contributed by atoms with van der Waals surface area (Å²) in [5.41, 5.74) is -0.682. The van der Waals surface area contributed by atoms with Crippen LogP contribution >= 0.6 is 0 Å². The predicted molar refractivity (Wildman–Crippen MR) is 80.1 cm³/mol. The number of carbonyl (C=O) groups is 1. The number of benzene rings is 1. The first kappa shape index (κ1) is 16.9. The van der Waals surface area contributed by atoms with E-state index in [2.05, 4.69) is 10.1 Å². The van der Waals surface area contributed by atoms with Gasteiger partial charge in [-0.3, -0.25) is 4.79 Å². The van der Waals surface area contributed by atoms with Crippen LogP contribution in [0.4, 0.5) is 13.2 Å². The monoisotopic (exact) mass is 323 g/mol. The summed E-state index contributed by atoms with van der Waals surface area (Å²) < 4.78 is 39.1. The molecule has 0 aliphatic carbocycles. The second kappa shape index (κ2) is 5.98. The van der Waals surface area contributed by atoms with Crippen LogP contribution in [-0.2, 0) is 11.0 Å². The molecular formula is C16H16F3N3O. The summed E-state index contributed by atoms with van der Waals surface area (Å²) in [7, 11) is 0. The zero-order valence-corrected chi connectivity index (χ0v) is 12.9. The average Bonchev–Trinajstić information content (AvgIpc) is 2.96. The van der Waals surface area contributed by atoms with Crippen molar-refractivity contribution in [2.24, 2.45) is 5.41 Å². The van der Waals surface area contributed by atoms with E-state index in [-0.39, 0.29) is 11.5 Å². The van der Waals surface area contributed by atoms with E-state index >= 15 is 0 Å². The minimum Gasteiger partial charge on any atom is -0.292 e. The third kappa shape index (κ3) is 4.06. The third-order valence-corrected chi connectivity index (χ3v) is 3.12. The first-order valence-corrected chi connectivity index (χ1v) is 6.88. The van der Waals surface area contributed by atoms with Gasteiger partial charge in [0.2, 0.25) is 0 Å². The van der Waals surface area contributed by atoms with Gasteiger partial charge in [-0.15, -0.1) is 0 Å². The number of hydrogen-bond acceptors (Lipinski definition) is 3. The molecule has 0 aliphatic heterocycles. The lowest BCUT2D eigenvalue weighted by atomic mass is 9.88. The largest absolute Gasteiger partial charge is 0.416 e. The van der Waals surface area contributed by atoms with Crippen molar-refractivity contribution in [1.29, 1.82) is 0 Å². The van der Waals surface area contributed by atoms with Gasteiger partial charge in [-0.1, -0.05) is 32.9 Å². The maximum atomic E-state index is 12.6. The zero-order chi connectivity index (χ0) is 17.3. The summed E-state index contributed by atoms with van der Waals surface area (Å²) in [5, 5.41) is 3.94. The Morgan fingerprint density at radius 2 is 1.74 bits per heavy atom. The highest BCUT2D eigenvalue weighted by atomic mass is 19.4. The van der Waals surface area contributed by atoms with Crippen molar-refractivity contribution in [3.8, 4) is 0 Å². The van der Waals surface area contributed by atoms with Gasteiger partial charge in [-0.25, -0.2) is 9.67 Å². The smallest absolute Gasteiger partial charge is 0.292 e. The molecule has 4 nitrogen and oxygen atoms in total. The van der Waals surface area contributed by atoms with Crippen LogP contribution in [0, 0.1) is 5.41 Å². The maximum absolute atomic E-state index is 12.6. The maximum Gasteiger partial charge on any atom is 0.416 e. The summed E-state index contributed by atoms with van der Waals surface area (Å²) in [4.78, 5) is 16.4. The van der Waals surface area contributed by atoms with Crippen LogP contribution in [0.2, 0.25) is 0 Å². The molecule has 0 fully saturated rings. The van der Waals surface area contributed by atoms with Crippen molar-refractivity contribution < 1.29 is 18.0 Å². The van der Waals surface area contributed by atoms with Gasteiger partial charge in [0.25, 0.3) is 0 Å². The number of hydrogen-bond donors (Lipinski definition) is 0.